The van der Waals surface area contributed by atoms with E-state index in [1.54, 1.807) is 18.6 Å². The molecule has 1 aromatic heterocycles. The number of aryl methyl sites for hydroxylation is 1. The molecular weight excluding hydrogens is 220 g/mol. The third-order valence-corrected chi connectivity index (χ3v) is 4.30. The number of nitrogens with zero attached hydrogens (tertiary/aromatic N) is 2. The highest BCUT2D eigenvalue weighted by molar-refractivity contribution is 7.05. The zero-order chi connectivity index (χ0) is 11.5. The van der Waals surface area contributed by atoms with Gasteiger partial charge < -0.3 is 4.74 Å². The lowest BCUT2D eigenvalue weighted by atomic mass is 9.81. The smallest absolute Gasteiger partial charge is 0.139 e. The molecule has 0 aromatic carbocycles. The molecule has 1 fully saturated rings. The molecule has 0 aliphatic heterocycles. The maximum Gasteiger partial charge on any atom is 0.139 e. The van der Waals surface area contributed by atoms with E-state index in [0.717, 1.165) is 24.4 Å². The number of hydrogen-bond donors (Lipinski definition) is 0. The topological polar surface area (TPSA) is 35.0 Å². The third-order valence-electron chi connectivity index (χ3n) is 3.34. The Bertz CT molecular complexity index is 367. The Kier molecular flexibility index (Phi) is 3.59. The first-order chi connectivity index (χ1) is 7.70. The molecule has 16 heavy (non-hydrogen) atoms. The van der Waals surface area contributed by atoms with Crippen LogP contribution in [0.15, 0.2) is 12.3 Å². The Morgan fingerprint density at radius 2 is 2.06 bits per heavy atom. The van der Waals surface area contributed by atoms with Gasteiger partial charge in [0.2, 0.25) is 0 Å². The van der Waals surface area contributed by atoms with E-state index in [1.165, 1.54) is 17.8 Å². The second kappa shape index (κ2) is 4.95. The second-order valence-electron chi connectivity index (χ2n) is 4.40. The fraction of sp³-hybridized carbons (Fsp3) is 0.667. The van der Waals surface area contributed by atoms with E-state index in [9.17, 15) is 0 Å². The standard InChI is InChI=1S/C12H18N2OS/c1-8(15-3)10-4-6-11(7-5-10)12-13-9(2)14-16-12/h10-11H,1,4-7H2,2-3H3. The van der Waals surface area contributed by atoms with E-state index >= 15 is 0 Å². The number of rotatable bonds is 3. The third kappa shape index (κ3) is 2.43. The molecule has 1 saturated carbocycles. The van der Waals surface area contributed by atoms with Gasteiger partial charge in [0.05, 0.1) is 12.9 Å². The number of ether oxygens (including phenoxy) is 1. The molecular formula is C12H18N2OS. The summed E-state index contributed by atoms with van der Waals surface area (Å²) in [5.41, 5.74) is 0. The van der Waals surface area contributed by atoms with Gasteiger partial charge in [-0.1, -0.05) is 6.58 Å². The lowest BCUT2D eigenvalue weighted by Gasteiger charge is -2.27. The molecule has 1 heterocycles. The minimum atomic E-state index is 0.537. The number of hydrogen-bond acceptors (Lipinski definition) is 4. The van der Waals surface area contributed by atoms with Crippen molar-refractivity contribution in [1.29, 1.82) is 0 Å². The van der Waals surface area contributed by atoms with Crippen molar-refractivity contribution < 1.29 is 4.74 Å². The molecule has 0 spiro atoms. The molecule has 0 unspecified atom stereocenters. The van der Waals surface area contributed by atoms with E-state index in [0.29, 0.717) is 11.8 Å². The van der Waals surface area contributed by atoms with Gasteiger partial charge in [-0.25, -0.2) is 4.98 Å². The van der Waals surface area contributed by atoms with Gasteiger partial charge in [0.15, 0.2) is 0 Å². The van der Waals surface area contributed by atoms with Crippen LogP contribution in [0.4, 0.5) is 0 Å². The molecule has 88 valence electrons. The van der Waals surface area contributed by atoms with Crippen molar-refractivity contribution >= 4 is 11.5 Å². The van der Waals surface area contributed by atoms with Gasteiger partial charge in [-0.3, -0.25) is 0 Å². The van der Waals surface area contributed by atoms with E-state index < -0.39 is 0 Å². The van der Waals surface area contributed by atoms with Gasteiger partial charge in [0, 0.05) is 11.8 Å². The maximum atomic E-state index is 5.21. The minimum absolute atomic E-state index is 0.537. The molecule has 1 aliphatic carbocycles. The summed E-state index contributed by atoms with van der Waals surface area (Å²) in [7, 11) is 1.71. The highest BCUT2D eigenvalue weighted by Gasteiger charge is 2.26. The first-order valence-electron chi connectivity index (χ1n) is 5.73. The summed E-state index contributed by atoms with van der Waals surface area (Å²) < 4.78 is 9.47. The molecule has 0 amide bonds. The fourth-order valence-corrected chi connectivity index (χ4v) is 3.13. The summed E-state index contributed by atoms with van der Waals surface area (Å²) in [5, 5.41) is 1.21. The molecule has 4 heteroatoms. The monoisotopic (exact) mass is 238 g/mol. The minimum Gasteiger partial charge on any atom is -0.501 e. The van der Waals surface area contributed by atoms with Gasteiger partial charge in [0.1, 0.15) is 10.8 Å². The van der Waals surface area contributed by atoms with Crippen LogP contribution in [-0.2, 0) is 4.74 Å². The summed E-state index contributed by atoms with van der Waals surface area (Å²) in [5.74, 6) is 2.98. The predicted molar refractivity (Wildman–Crippen MR) is 65.5 cm³/mol. The normalized spacial score (nSPS) is 25.4. The van der Waals surface area contributed by atoms with Crippen LogP contribution in [0.25, 0.3) is 0 Å². The number of methoxy groups -OCH3 is 1. The average Bonchev–Trinajstić information content (AvgIpc) is 2.75. The van der Waals surface area contributed by atoms with Crippen molar-refractivity contribution in [1.82, 2.24) is 9.36 Å². The fourth-order valence-electron chi connectivity index (χ4n) is 2.31. The van der Waals surface area contributed by atoms with Crippen LogP contribution in [0.3, 0.4) is 0 Å². The highest BCUT2D eigenvalue weighted by atomic mass is 32.1. The van der Waals surface area contributed by atoms with Crippen LogP contribution < -0.4 is 0 Å². The van der Waals surface area contributed by atoms with E-state index in [-0.39, 0.29) is 0 Å². The van der Waals surface area contributed by atoms with Crippen molar-refractivity contribution in [3.05, 3.63) is 23.2 Å². The molecule has 0 saturated heterocycles. The van der Waals surface area contributed by atoms with Crippen molar-refractivity contribution in [3.8, 4) is 0 Å². The van der Waals surface area contributed by atoms with Crippen LogP contribution in [0.1, 0.15) is 42.4 Å². The number of aromatic nitrogens is 2. The summed E-state index contributed by atoms with van der Waals surface area (Å²) in [6.07, 6.45) is 4.69. The predicted octanol–water partition coefficient (Wildman–Crippen LogP) is 3.28. The van der Waals surface area contributed by atoms with Crippen LogP contribution >= 0.6 is 11.5 Å². The number of allylic oxidation sites excluding steroid dienone is 1. The van der Waals surface area contributed by atoms with Crippen molar-refractivity contribution in [2.45, 2.75) is 38.5 Å². The van der Waals surface area contributed by atoms with E-state index in [1.807, 2.05) is 6.92 Å². The zero-order valence-corrected chi connectivity index (χ0v) is 10.7. The molecule has 1 aromatic rings. The maximum absolute atomic E-state index is 5.21. The zero-order valence-electron chi connectivity index (χ0n) is 9.90. The highest BCUT2D eigenvalue weighted by Crippen LogP contribution is 2.38. The largest absolute Gasteiger partial charge is 0.501 e. The Labute approximate surface area is 101 Å². The molecule has 0 N–H and O–H groups in total. The summed E-state index contributed by atoms with van der Waals surface area (Å²) in [4.78, 5) is 4.48. The van der Waals surface area contributed by atoms with Crippen LogP contribution in [0, 0.1) is 12.8 Å². The van der Waals surface area contributed by atoms with Crippen molar-refractivity contribution in [2.24, 2.45) is 5.92 Å². The Balaban J connectivity index is 1.92. The van der Waals surface area contributed by atoms with E-state index in [2.05, 4.69) is 15.9 Å². The van der Waals surface area contributed by atoms with Crippen molar-refractivity contribution in [3.63, 3.8) is 0 Å². The molecule has 2 rings (SSSR count). The summed E-state index contributed by atoms with van der Waals surface area (Å²) >= 11 is 1.56. The summed E-state index contributed by atoms with van der Waals surface area (Å²) in [6, 6.07) is 0. The van der Waals surface area contributed by atoms with Gasteiger partial charge in [-0.2, -0.15) is 4.37 Å². The average molecular weight is 238 g/mol. The molecule has 1 aliphatic rings. The lowest BCUT2D eigenvalue weighted by molar-refractivity contribution is 0.208. The van der Waals surface area contributed by atoms with Gasteiger partial charge >= 0.3 is 0 Å². The SMILES string of the molecule is C=C(OC)C1CCC(c2nc(C)ns2)CC1. The molecule has 0 bridgehead atoms. The lowest BCUT2D eigenvalue weighted by Crippen LogP contribution is -2.15. The summed E-state index contributed by atoms with van der Waals surface area (Å²) in [6.45, 7) is 5.91. The molecule has 0 radical (unpaired) electrons. The molecule has 0 atom stereocenters. The Morgan fingerprint density at radius 3 is 2.56 bits per heavy atom. The first kappa shape index (κ1) is 11.6. The molecule has 3 nitrogen and oxygen atoms in total. The van der Waals surface area contributed by atoms with Crippen LogP contribution in [0.5, 0.6) is 0 Å². The van der Waals surface area contributed by atoms with Gasteiger partial charge in [0.25, 0.3) is 0 Å². The first-order valence-corrected chi connectivity index (χ1v) is 6.51. The van der Waals surface area contributed by atoms with Crippen LogP contribution in [0.2, 0.25) is 0 Å². The van der Waals surface area contributed by atoms with Crippen LogP contribution in [-0.4, -0.2) is 16.5 Å². The van der Waals surface area contributed by atoms with Gasteiger partial charge in [-0.05, 0) is 44.1 Å². The van der Waals surface area contributed by atoms with E-state index in [4.69, 9.17) is 4.74 Å². The van der Waals surface area contributed by atoms with Gasteiger partial charge in [-0.15, -0.1) is 0 Å². The van der Waals surface area contributed by atoms with Crippen molar-refractivity contribution in [2.75, 3.05) is 7.11 Å². The Hall–Kier alpha value is -0.900. The quantitative estimate of drug-likeness (QED) is 0.758. The Morgan fingerprint density at radius 1 is 1.38 bits per heavy atom. The second-order valence-corrected chi connectivity index (χ2v) is 5.18.